The Hall–Kier alpha value is -1.39. The molecule has 1 aromatic heterocycles. The first-order chi connectivity index (χ1) is 9.34. The summed E-state index contributed by atoms with van der Waals surface area (Å²) in [5, 5.41) is 2.09. The van der Waals surface area contributed by atoms with Crippen molar-refractivity contribution in [2.45, 2.75) is 0 Å². The maximum atomic E-state index is 5.57. The standard InChI is InChI=1S/C15H16N2S2/c18-15(14-7-4-12-19-14)17-10-8-16(9-11-17)13-5-2-1-3-6-13/h1-7,12H,8-11H2. The first-order valence-electron chi connectivity index (χ1n) is 6.47. The summed E-state index contributed by atoms with van der Waals surface area (Å²) in [5.74, 6) is 0. The van der Waals surface area contributed by atoms with Crippen molar-refractivity contribution in [3.63, 3.8) is 0 Å². The molecule has 0 spiro atoms. The van der Waals surface area contributed by atoms with Gasteiger partial charge in [0.25, 0.3) is 0 Å². The molecule has 4 heteroatoms. The van der Waals surface area contributed by atoms with E-state index < -0.39 is 0 Å². The van der Waals surface area contributed by atoms with Crippen LogP contribution in [0.1, 0.15) is 4.88 Å². The van der Waals surface area contributed by atoms with Gasteiger partial charge in [0.2, 0.25) is 0 Å². The molecule has 3 rings (SSSR count). The third-order valence-electron chi connectivity index (χ3n) is 3.42. The van der Waals surface area contributed by atoms with E-state index in [0.717, 1.165) is 31.2 Å². The normalized spacial score (nSPS) is 15.6. The molecule has 1 aliphatic heterocycles. The zero-order valence-corrected chi connectivity index (χ0v) is 12.3. The average molecular weight is 288 g/mol. The SMILES string of the molecule is S=C(c1cccs1)N1CCN(c2ccccc2)CC1. The number of hydrogen-bond donors (Lipinski definition) is 0. The molecule has 0 bridgehead atoms. The molecule has 0 unspecified atom stereocenters. The van der Waals surface area contributed by atoms with Crippen LogP contribution < -0.4 is 4.90 Å². The molecule has 0 N–H and O–H groups in total. The van der Waals surface area contributed by atoms with Crippen LogP contribution in [0, 0.1) is 0 Å². The minimum atomic E-state index is 1.00. The van der Waals surface area contributed by atoms with Crippen LogP contribution in [0.15, 0.2) is 47.8 Å². The van der Waals surface area contributed by atoms with E-state index in [1.807, 2.05) is 0 Å². The van der Waals surface area contributed by atoms with Gasteiger partial charge >= 0.3 is 0 Å². The monoisotopic (exact) mass is 288 g/mol. The van der Waals surface area contributed by atoms with Gasteiger partial charge in [-0.1, -0.05) is 36.5 Å². The lowest BCUT2D eigenvalue weighted by Crippen LogP contribution is -2.48. The molecule has 2 aromatic rings. The van der Waals surface area contributed by atoms with Gasteiger partial charge in [-0.05, 0) is 23.6 Å². The fraction of sp³-hybridized carbons (Fsp3) is 0.267. The summed E-state index contributed by atoms with van der Waals surface area (Å²) in [6.45, 7) is 4.09. The van der Waals surface area contributed by atoms with Gasteiger partial charge in [0.05, 0.1) is 4.88 Å². The maximum absolute atomic E-state index is 5.57. The quantitative estimate of drug-likeness (QED) is 0.783. The number of hydrogen-bond acceptors (Lipinski definition) is 3. The van der Waals surface area contributed by atoms with Gasteiger partial charge in [-0.3, -0.25) is 0 Å². The Labute approximate surface area is 123 Å². The van der Waals surface area contributed by atoms with Crippen LogP contribution in [0.4, 0.5) is 5.69 Å². The van der Waals surface area contributed by atoms with Crippen LogP contribution >= 0.6 is 23.6 Å². The summed E-state index contributed by atoms with van der Waals surface area (Å²) in [5.41, 5.74) is 1.31. The van der Waals surface area contributed by atoms with Crippen molar-refractivity contribution in [1.82, 2.24) is 4.90 Å². The minimum absolute atomic E-state index is 1.00. The minimum Gasteiger partial charge on any atom is -0.368 e. The third kappa shape index (κ3) is 2.80. The summed E-state index contributed by atoms with van der Waals surface area (Å²) in [7, 11) is 0. The van der Waals surface area contributed by atoms with Gasteiger partial charge in [0.1, 0.15) is 4.99 Å². The zero-order chi connectivity index (χ0) is 13.1. The Kier molecular flexibility index (Phi) is 3.80. The van der Waals surface area contributed by atoms with E-state index in [1.165, 1.54) is 10.6 Å². The topological polar surface area (TPSA) is 6.48 Å². The molecule has 1 saturated heterocycles. The van der Waals surface area contributed by atoms with Crippen molar-refractivity contribution < 1.29 is 0 Å². The summed E-state index contributed by atoms with van der Waals surface area (Å²) >= 11 is 7.29. The highest BCUT2D eigenvalue weighted by molar-refractivity contribution is 7.81. The Morgan fingerprint density at radius 2 is 1.68 bits per heavy atom. The van der Waals surface area contributed by atoms with Crippen LogP contribution in [-0.2, 0) is 0 Å². The van der Waals surface area contributed by atoms with Crippen molar-refractivity contribution >= 4 is 34.2 Å². The molecule has 1 fully saturated rings. The van der Waals surface area contributed by atoms with Crippen LogP contribution in [0.3, 0.4) is 0 Å². The number of thiophene rings is 1. The molecule has 2 nitrogen and oxygen atoms in total. The molecule has 2 heterocycles. The Balaban J connectivity index is 1.62. The molecule has 98 valence electrons. The van der Waals surface area contributed by atoms with Crippen molar-refractivity contribution in [3.05, 3.63) is 52.7 Å². The van der Waals surface area contributed by atoms with Crippen LogP contribution in [-0.4, -0.2) is 36.1 Å². The summed E-state index contributed by atoms with van der Waals surface area (Å²) in [4.78, 5) is 6.96. The average Bonchev–Trinajstić information content (AvgIpc) is 3.02. The van der Waals surface area contributed by atoms with Gasteiger partial charge in [0, 0.05) is 31.9 Å². The fourth-order valence-electron chi connectivity index (χ4n) is 2.36. The van der Waals surface area contributed by atoms with E-state index in [4.69, 9.17) is 12.2 Å². The predicted octanol–water partition coefficient (Wildman–Crippen LogP) is 3.25. The second-order valence-corrected chi connectivity index (χ2v) is 5.93. The predicted molar refractivity (Wildman–Crippen MR) is 86.2 cm³/mol. The van der Waals surface area contributed by atoms with Crippen LogP contribution in [0.2, 0.25) is 0 Å². The molecule has 0 radical (unpaired) electrons. The lowest BCUT2D eigenvalue weighted by molar-refractivity contribution is 0.393. The number of anilines is 1. The number of thiocarbonyl (C=S) groups is 1. The van der Waals surface area contributed by atoms with E-state index in [0.29, 0.717) is 0 Å². The van der Waals surface area contributed by atoms with E-state index in [-0.39, 0.29) is 0 Å². The smallest absolute Gasteiger partial charge is 0.119 e. The number of rotatable bonds is 2. The number of para-hydroxylation sites is 1. The number of piperazine rings is 1. The Morgan fingerprint density at radius 1 is 0.947 bits per heavy atom. The van der Waals surface area contributed by atoms with Gasteiger partial charge in [0.15, 0.2) is 0 Å². The van der Waals surface area contributed by atoms with Crippen LogP contribution in [0.5, 0.6) is 0 Å². The van der Waals surface area contributed by atoms with Crippen molar-refractivity contribution in [2.24, 2.45) is 0 Å². The zero-order valence-electron chi connectivity index (χ0n) is 10.7. The van der Waals surface area contributed by atoms with Crippen molar-refractivity contribution in [1.29, 1.82) is 0 Å². The summed E-state index contributed by atoms with van der Waals surface area (Å²) in [6.07, 6.45) is 0. The summed E-state index contributed by atoms with van der Waals surface area (Å²) < 4.78 is 0. The van der Waals surface area contributed by atoms with Crippen LogP contribution in [0.25, 0.3) is 0 Å². The lowest BCUT2D eigenvalue weighted by atomic mass is 10.2. The summed E-state index contributed by atoms with van der Waals surface area (Å²) in [6, 6.07) is 14.8. The van der Waals surface area contributed by atoms with Crippen molar-refractivity contribution in [2.75, 3.05) is 31.1 Å². The number of benzene rings is 1. The van der Waals surface area contributed by atoms with Gasteiger partial charge < -0.3 is 9.80 Å². The van der Waals surface area contributed by atoms with E-state index in [9.17, 15) is 0 Å². The highest BCUT2D eigenvalue weighted by Crippen LogP contribution is 2.18. The van der Waals surface area contributed by atoms with Gasteiger partial charge in [-0.15, -0.1) is 11.3 Å². The second kappa shape index (κ2) is 5.72. The van der Waals surface area contributed by atoms with Gasteiger partial charge in [-0.25, -0.2) is 0 Å². The van der Waals surface area contributed by atoms with Crippen molar-refractivity contribution in [3.8, 4) is 0 Å². The number of nitrogens with zero attached hydrogens (tertiary/aromatic N) is 2. The molecule has 0 saturated carbocycles. The molecule has 19 heavy (non-hydrogen) atoms. The molecule has 0 amide bonds. The Bertz CT molecular complexity index is 529. The molecule has 1 aromatic carbocycles. The lowest BCUT2D eigenvalue weighted by Gasteiger charge is -2.37. The largest absolute Gasteiger partial charge is 0.368 e. The molecular formula is C15H16N2S2. The van der Waals surface area contributed by atoms with Gasteiger partial charge in [-0.2, -0.15) is 0 Å². The Morgan fingerprint density at radius 3 is 2.32 bits per heavy atom. The van der Waals surface area contributed by atoms with E-state index in [2.05, 4.69) is 57.6 Å². The molecule has 0 aliphatic carbocycles. The molecular weight excluding hydrogens is 272 g/mol. The molecule has 0 atom stereocenters. The maximum Gasteiger partial charge on any atom is 0.119 e. The van der Waals surface area contributed by atoms with E-state index in [1.54, 1.807) is 11.3 Å². The highest BCUT2D eigenvalue weighted by atomic mass is 32.1. The third-order valence-corrected chi connectivity index (χ3v) is 4.90. The first-order valence-corrected chi connectivity index (χ1v) is 7.76. The molecule has 1 aliphatic rings. The second-order valence-electron chi connectivity index (χ2n) is 4.59. The highest BCUT2D eigenvalue weighted by Gasteiger charge is 2.20. The fourth-order valence-corrected chi connectivity index (χ4v) is 3.45. The first kappa shape index (κ1) is 12.6. The van der Waals surface area contributed by atoms with E-state index >= 15 is 0 Å².